The minimum atomic E-state index is 0.772. The maximum atomic E-state index is 5.46. The smallest absolute Gasteiger partial charge is 0.161 e. The molecule has 2 aromatic carbocycles. The number of benzene rings is 2. The Balaban J connectivity index is 1.28. The van der Waals surface area contributed by atoms with Crippen LogP contribution in [-0.4, -0.2) is 59.6 Å². The topological polar surface area (TPSA) is 42.2 Å². The van der Waals surface area contributed by atoms with Crippen molar-refractivity contribution in [3.05, 3.63) is 84.2 Å². The molecule has 3 heterocycles. The number of hydrogen-bond acceptors (Lipinski definition) is 5. The third-order valence-corrected chi connectivity index (χ3v) is 6.37. The zero-order valence-electron chi connectivity index (χ0n) is 19.3. The number of pyridine rings is 1. The molecular formula is C27H30N4O2. The lowest BCUT2D eigenvalue weighted by molar-refractivity contribution is 0.121. The summed E-state index contributed by atoms with van der Waals surface area (Å²) in [5, 5.41) is 0. The third kappa shape index (κ3) is 4.58. The zero-order valence-corrected chi connectivity index (χ0v) is 19.3. The van der Waals surface area contributed by atoms with E-state index in [0.29, 0.717) is 0 Å². The van der Waals surface area contributed by atoms with E-state index in [0.717, 1.165) is 62.1 Å². The summed E-state index contributed by atoms with van der Waals surface area (Å²) < 4.78 is 13.1. The summed E-state index contributed by atoms with van der Waals surface area (Å²) in [4.78, 5) is 9.99. The van der Waals surface area contributed by atoms with Crippen molar-refractivity contribution in [2.45, 2.75) is 13.1 Å². The van der Waals surface area contributed by atoms with Gasteiger partial charge in [0.15, 0.2) is 11.5 Å². The number of fused-ring (bicyclic) bond motifs is 1. The standard InChI is InChI=1S/C27H30N4O2/c1-32-24-12-11-21(18-25(24)33-2)19-29-14-16-30(17-15-29)20-23-27(22-8-4-3-5-9-22)28-26-10-6-7-13-31(23)26/h3-13,18H,14-17,19-20H2,1-2H3. The lowest BCUT2D eigenvalue weighted by Gasteiger charge is -2.34. The molecule has 1 aliphatic heterocycles. The molecule has 0 amide bonds. The summed E-state index contributed by atoms with van der Waals surface area (Å²) >= 11 is 0. The van der Waals surface area contributed by atoms with E-state index < -0.39 is 0 Å². The highest BCUT2D eigenvalue weighted by atomic mass is 16.5. The van der Waals surface area contributed by atoms with Gasteiger partial charge in [0.05, 0.1) is 25.6 Å². The third-order valence-electron chi connectivity index (χ3n) is 6.37. The van der Waals surface area contributed by atoms with Crippen LogP contribution in [0.4, 0.5) is 0 Å². The first kappa shape index (κ1) is 21.5. The average Bonchev–Trinajstić information content (AvgIpc) is 3.24. The highest BCUT2D eigenvalue weighted by Gasteiger charge is 2.21. The molecule has 2 aromatic heterocycles. The Hall–Kier alpha value is -3.35. The van der Waals surface area contributed by atoms with Crippen LogP contribution in [0.3, 0.4) is 0 Å². The fourth-order valence-electron chi connectivity index (χ4n) is 4.58. The Bertz CT molecular complexity index is 1210. The number of nitrogens with zero attached hydrogens (tertiary/aromatic N) is 4. The van der Waals surface area contributed by atoms with E-state index in [1.807, 2.05) is 12.1 Å². The molecule has 1 aliphatic rings. The van der Waals surface area contributed by atoms with E-state index in [1.165, 1.54) is 16.8 Å². The van der Waals surface area contributed by atoms with Gasteiger partial charge in [0.1, 0.15) is 5.65 Å². The van der Waals surface area contributed by atoms with Crippen LogP contribution in [0.15, 0.2) is 72.9 Å². The molecule has 4 aromatic rings. The van der Waals surface area contributed by atoms with Gasteiger partial charge in [-0.15, -0.1) is 0 Å². The van der Waals surface area contributed by atoms with Crippen molar-refractivity contribution < 1.29 is 9.47 Å². The van der Waals surface area contributed by atoms with Crippen molar-refractivity contribution >= 4 is 5.65 Å². The van der Waals surface area contributed by atoms with Gasteiger partial charge >= 0.3 is 0 Å². The van der Waals surface area contributed by atoms with Crippen LogP contribution in [0.2, 0.25) is 0 Å². The lowest BCUT2D eigenvalue weighted by Crippen LogP contribution is -2.45. The van der Waals surface area contributed by atoms with Gasteiger partial charge in [0.25, 0.3) is 0 Å². The minimum Gasteiger partial charge on any atom is -0.493 e. The van der Waals surface area contributed by atoms with Crippen LogP contribution in [0, 0.1) is 0 Å². The van der Waals surface area contributed by atoms with Crippen LogP contribution < -0.4 is 9.47 Å². The van der Waals surface area contributed by atoms with Crippen molar-refractivity contribution in [3.63, 3.8) is 0 Å². The van der Waals surface area contributed by atoms with Crippen LogP contribution in [-0.2, 0) is 13.1 Å². The largest absolute Gasteiger partial charge is 0.493 e. The molecule has 0 unspecified atom stereocenters. The number of imidazole rings is 1. The van der Waals surface area contributed by atoms with E-state index in [2.05, 4.69) is 75.0 Å². The summed E-state index contributed by atoms with van der Waals surface area (Å²) in [7, 11) is 3.36. The number of ether oxygens (including phenoxy) is 2. The molecule has 0 N–H and O–H groups in total. The Kier molecular flexibility index (Phi) is 6.28. The molecular weight excluding hydrogens is 412 g/mol. The number of aromatic nitrogens is 2. The van der Waals surface area contributed by atoms with E-state index in [9.17, 15) is 0 Å². The van der Waals surface area contributed by atoms with Gasteiger partial charge in [-0.1, -0.05) is 42.5 Å². The molecule has 0 aliphatic carbocycles. The van der Waals surface area contributed by atoms with E-state index in [4.69, 9.17) is 14.5 Å². The van der Waals surface area contributed by atoms with Gasteiger partial charge in [0, 0.05) is 51.0 Å². The van der Waals surface area contributed by atoms with Gasteiger partial charge in [-0.3, -0.25) is 9.80 Å². The maximum Gasteiger partial charge on any atom is 0.161 e. The summed E-state index contributed by atoms with van der Waals surface area (Å²) in [6.07, 6.45) is 2.12. The maximum absolute atomic E-state index is 5.46. The predicted molar refractivity (Wildman–Crippen MR) is 131 cm³/mol. The Morgan fingerprint density at radius 1 is 0.758 bits per heavy atom. The van der Waals surface area contributed by atoms with Gasteiger partial charge < -0.3 is 13.9 Å². The van der Waals surface area contributed by atoms with E-state index in [1.54, 1.807) is 14.2 Å². The van der Waals surface area contributed by atoms with Crippen LogP contribution in [0.1, 0.15) is 11.3 Å². The molecule has 1 fully saturated rings. The first-order valence-electron chi connectivity index (χ1n) is 11.4. The van der Waals surface area contributed by atoms with E-state index >= 15 is 0 Å². The van der Waals surface area contributed by atoms with Crippen LogP contribution >= 0.6 is 0 Å². The number of methoxy groups -OCH3 is 2. The van der Waals surface area contributed by atoms with Crippen LogP contribution in [0.5, 0.6) is 11.5 Å². The summed E-state index contributed by atoms with van der Waals surface area (Å²) in [5.74, 6) is 1.56. The second-order valence-corrected chi connectivity index (χ2v) is 8.44. The molecule has 0 radical (unpaired) electrons. The normalized spacial score (nSPS) is 15.1. The molecule has 0 atom stereocenters. The number of rotatable bonds is 7. The SMILES string of the molecule is COc1ccc(CN2CCN(Cc3c(-c4ccccc4)nc4ccccn34)CC2)cc1OC. The quantitative estimate of drug-likeness (QED) is 0.426. The summed E-state index contributed by atoms with van der Waals surface area (Å²) in [6.45, 7) is 5.93. The number of hydrogen-bond donors (Lipinski definition) is 0. The molecule has 0 bridgehead atoms. The molecule has 1 saturated heterocycles. The monoisotopic (exact) mass is 442 g/mol. The molecule has 170 valence electrons. The molecule has 6 heteroatoms. The van der Waals surface area contributed by atoms with E-state index in [-0.39, 0.29) is 0 Å². The first-order chi connectivity index (χ1) is 16.2. The second kappa shape index (κ2) is 9.65. The highest BCUT2D eigenvalue weighted by molar-refractivity contribution is 5.66. The second-order valence-electron chi connectivity index (χ2n) is 8.44. The average molecular weight is 443 g/mol. The van der Waals surface area contributed by atoms with Crippen LogP contribution in [0.25, 0.3) is 16.9 Å². The summed E-state index contributed by atoms with van der Waals surface area (Å²) in [5.41, 5.74) is 5.75. The van der Waals surface area contributed by atoms with Gasteiger partial charge in [-0.2, -0.15) is 0 Å². The van der Waals surface area contributed by atoms with Crippen molar-refractivity contribution in [1.29, 1.82) is 0 Å². The molecule has 33 heavy (non-hydrogen) atoms. The van der Waals surface area contributed by atoms with Crippen molar-refractivity contribution in [1.82, 2.24) is 19.2 Å². The first-order valence-corrected chi connectivity index (χ1v) is 11.4. The molecule has 6 nitrogen and oxygen atoms in total. The lowest BCUT2D eigenvalue weighted by atomic mass is 10.1. The predicted octanol–water partition coefficient (Wildman–Crippen LogP) is 4.34. The fourth-order valence-corrected chi connectivity index (χ4v) is 4.58. The zero-order chi connectivity index (χ0) is 22.6. The molecule has 0 saturated carbocycles. The van der Waals surface area contributed by atoms with Crippen molar-refractivity contribution in [2.75, 3.05) is 40.4 Å². The molecule has 5 rings (SSSR count). The number of piperazine rings is 1. The van der Waals surface area contributed by atoms with Gasteiger partial charge in [0.2, 0.25) is 0 Å². The van der Waals surface area contributed by atoms with Crippen molar-refractivity contribution in [3.8, 4) is 22.8 Å². The van der Waals surface area contributed by atoms with Crippen molar-refractivity contribution in [2.24, 2.45) is 0 Å². The Labute approximate surface area is 195 Å². The minimum absolute atomic E-state index is 0.772. The molecule has 0 spiro atoms. The highest BCUT2D eigenvalue weighted by Crippen LogP contribution is 2.29. The Morgan fingerprint density at radius 3 is 2.18 bits per heavy atom. The fraction of sp³-hybridized carbons (Fsp3) is 0.296. The Morgan fingerprint density at radius 2 is 1.45 bits per heavy atom. The van der Waals surface area contributed by atoms with Gasteiger partial charge in [-0.05, 0) is 29.8 Å². The van der Waals surface area contributed by atoms with Gasteiger partial charge in [-0.25, -0.2) is 4.98 Å². The summed E-state index contributed by atoms with van der Waals surface area (Å²) in [6, 6.07) is 22.9.